The fourth-order valence-corrected chi connectivity index (χ4v) is 2.24. The van der Waals surface area contributed by atoms with Crippen LogP contribution >= 0.6 is 11.6 Å². The Bertz CT molecular complexity index is 651. The first-order valence-corrected chi connectivity index (χ1v) is 7.00. The number of nitrogens with one attached hydrogen (secondary N) is 1. The molecule has 0 unspecified atom stereocenters. The number of benzene rings is 1. The van der Waals surface area contributed by atoms with Crippen LogP contribution in [-0.2, 0) is 6.42 Å². The first-order chi connectivity index (χ1) is 10.2. The number of hydrogen-bond acceptors (Lipinski definition) is 6. The Kier molecular flexibility index (Phi) is 3.96. The Morgan fingerprint density at radius 2 is 2.00 bits per heavy atom. The zero-order valence-electron chi connectivity index (χ0n) is 11.3. The van der Waals surface area contributed by atoms with Gasteiger partial charge in [-0.3, -0.25) is 0 Å². The molecule has 6 nitrogen and oxygen atoms in total. The van der Waals surface area contributed by atoms with Gasteiger partial charge in [0.05, 0.1) is 0 Å². The summed E-state index contributed by atoms with van der Waals surface area (Å²) in [6.45, 7) is 1.86. The van der Waals surface area contributed by atoms with Crippen molar-refractivity contribution in [2.45, 2.75) is 6.42 Å². The summed E-state index contributed by atoms with van der Waals surface area (Å²) in [5, 5.41) is 3.49. The van der Waals surface area contributed by atoms with E-state index in [0.717, 1.165) is 23.5 Å². The van der Waals surface area contributed by atoms with Crippen LogP contribution in [0.1, 0.15) is 5.56 Å². The average molecular weight is 307 g/mol. The third-order valence-corrected chi connectivity index (χ3v) is 3.50. The van der Waals surface area contributed by atoms with Gasteiger partial charge < -0.3 is 20.5 Å². The Balaban J connectivity index is 1.61. The maximum absolute atomic E-state index is 6.02. The first-order valence-electron chi connectivity index (χ1n) is 6.62. The molecule has 0 saturated heterocycles. The lowest BCUT2D eigenvalue weighted by Crippen LogP contribution is -2.15. The van der Waals surface area contributed by atoms with E-state index >= 15 is 0 Å². The molecule has 1 aliphatic heterocycles. The molecule has 7 heteroatoms. The van der Waals surface area contributed by atoms with E-state index in [1.165, 1.54) is 6.33 Å². The molecule has 0 bridgehead atoms. The zero-order chi connectivity index (χ0) is 14.7. The van der Waals surface area contributed by atoms with Crippen molar-refractivity contribution in [3.8, 4) is 11.5 Å². The highest BCUT2D eigenvalue weighted by molar-refractivity contribution is 6.35. The lowest BCUT2D eigenvalue weighted by atomic mass is 10.1. The van der Waals surface area contributed by atoms with Crippen molar-refractivity contribution >= 4 is 23.2 Å². The molecule has 2 aromatic rings. The predicted octanol–water partition coefficient (Wildman–Crippen LogP) is 2.14. The fraction of sp³-hybridized carbons (Fsp3) is 0.286. The van der Waals surface area contributed by atoms with Crippen molar-refractivity contribution in [2.24, 2.45) is 0 Å². The molecule has 2 heterocycles. The van der Waals surface area contributed by atoms with Crippen LogP contribution in [0, 0.1) is 0 Å². The van der Waals surface area contributed by atoms with Crippen molar-refractivity contribution in [1.29, 1.82) is 0 Å². The summed E-state index contributed by atoms with van der Waals surface area (Å²) in [6.07, 6.45) is 2.19. The van der Waals surface area contributed by atoms with Gasteiger partial charge in [0.25, 0.3) is 0 Å². The maximum Gasteiger partial charge on any atom is 0.161 e. The molecule has 1 aliphatic rings. The van der Waals surface area contributed by atoms with Crippen molar-refractivity contribution < 1.29 is 9.47 Å². The Morgan fingerprint density at radius 1 is 1.19 bits per heavy atom. The van der Waals surface area contributed by atoms with Gasteiger partial charge in [0, 0.05) is 6.54 Å². The summed E-state index contributed by atoms with van der Waals surface area (Å²) in [7, 11) is 0. The van der Waals surface area contributed by atoms with Crippen LogP contribution in [0.25, 0.3) is 0 Å². The van der Waals surface area contributed by atoms with E-state index < -0.39 is 0 Å². The van der Waals surface area contributed by atoms with Crippen molar-refractivity contribution in [1.82, 2.24) is 9.97 Å². The second-order valence-electron chi connectivity index (χ2n) is 4.58. The van der Waals surface area contributed by atoms with Crippen LogP contribution in [0.3, 0.4) is 0 Å². The summed E-state index contributed by atoms with van der Waals surface area (Å²) in [5.74, 6) is 2.41. The van der Waals surface area contributed by atoms with Crippen LogP contribution < -0.4 is 20.5 Å². The van der Waals surface area contributed by atoms with Gasteiger partial charge in [0.1, 0.15) is 36.2 Å². The molecule has 1 aromatic carbocycles. The highest BCUT2D eigenvalue weighted by Crippen LogP contribution is 2.31. The van der Waals surface area contributed by atoms with Gasteiger partial charge in [-0.2, -0.15) is 0 Å². The van der Waals surface area contributed by atoms with Gasteiger partial charge in [-0.1, -0.05) is 17.7 Å². The van der Waals surface area contributed by atoms with Gasteiger partial charge in [-0.15, -0.1) is 0 Å². The third kappa shape index (κ3) is 3.11. The van der Waals surface area contributed by atoms with Crippen LogP contribution in [0.5, 0.6) is 11.5 Å². The minimum atomic E-state index is 0.272. The number of fused-ring (bicyclic) bond motifs is 1. The Labute approximate surface area is 127 Å². The van der Waals surface area contributed by atoms with E-state index in [-0.39, 0.29) is 5.82 Å². The molecule has 0 amide bonds. The molecular formula is C14H15ClN4O2. The molecule has 3 rings (SSSR count). The lowest BCUT2D eigenvalue weighted by Gasteiger charge is -2.19. The van der Waals surface area contributed by atoms with Gasteiger partial charge in [-0.05, 0) is 24.1 Å². The average Bonchev–Trinajstić information content (AvgIpc) is 2.51. The van der Waals surface area contributed by atoms with E-state index in [1.54, 1.807) is 0 Å². The van der Waals surface area contributed by atoms with E-state index in [1.807, 2.05) is 18.2 Å². The molecule has 21 heavy (non-hydrogen) atoms. The van der Waals surface area contributed by atoms with Crippen LogP contribution in [0.2, 0.25) is 5.02 Å². The predicted molar refractivity (Wildman–Crippen MR) is 81.1 cm³/mol. The SMILES string of the molecule is Nc1ncnc(NCCc2ccc3c(c2)OCCO3)c1Cl. The van der Waals surface area contributed by atoms with Crippen LogP contribution in [0.4, 0.5) is 11.6 Å². The molecule has 0 fully saturated rings. The second kappa shape index (κ2) is 6.05. The van der Waals surface area contributed by atoms with Gasteiger partial charge in [0.15, 0.2) is 11.5 Å². The van der Waals surface area contributed by atoms with E-state index in [9.17, 15) is 0 Å². The smallest absolute Gasteiger partial charge is 0.161 e. The minimum Gasteiger partial charge on any atom is -0.486 e. The summed E-state index contributed by atoms with van der Waals surface area (Å²) in [5.41, 5.74) is 6.77. The lowest BCUT2D eigenvalue weighted by molar-refractivity contribution is 0.171. The van der Waals surface area contributed by atoms with Gasteiger partial charge >= 0.3 is 0 Å². The Morgan fingerprint density at radius 3 is 2.86 bits per heavy atom. The van der Waals surface area contributed by atoms with Crippen molar-refractivity contribution in [3.63, 3.8) is 0 Å². The molecule has 0 aliphatic carbocycles. The number of nitrogens with two attached hydrogens (primary N) is 1. The number of aromatic nitrogens is 2. The molecule has 1 aromatic heterocycles. The molecule has 0 radical (unpaired) electrons. The molecule has 0 atom stereocenters. The quantitative estimate of drug-likeness (QED) is 0.900. The molecule has 0 saturated carbocycles. The number of rotatable bonds is 4. The largest absolute Gasteiger partial charge is 0.486 e. The second-order valence-corrected chi connectivity index (χ2v) is 4.95. The molecular weight excluding hydrogens is 292 g/mol. The molecule has 110 valence electrons. The monoisotopic (exact) mass is 306 g/mol. The molecule has 0 spiro atoms. The van der Waals surface area contributed by atoms with Crippen molar-refractivity contribution in [2.75, 3.05) is 30.8 Å². The Hall–Kier alpha value is -2.21. The van der Waals surface area contributed by atoms with Crippen LogP contribution in [-0.4, -0.2) is 29.7 Å². The number of nitrogen functional groups attached to an aromatic ring is 1. The van der Waals surface area contributed by atoms with Gasteiger partial charge in [0.2, 0.25) is 0 Å². The van der Waals surface area contributed by atoms with E-state index in [2.05, 4.69) is 15.3 Å². The topological polar surface area (TPSA) is 82.3 Å². The fourth-order valence-electron chi connectivity index (χ4n) is 2.08. The highest BCUT2D eigenvalue weighted by atomic mass is 35.5. The maximum atomic E-state index is 6.02. The summed E-state index contributed by atoms with van der Waals surface area (Å²) in [4.78, 5) is 7.88. The number of ether oxygens (including phenoxy) is 2. The summed E-state index contributed by atoms with van der Waals surface area (Å²) >= 11 is 6.02. The zero-order valence-corrected chi connectivity index (χ0v) is 12.1. The first kappa shape index (κ1) is 13.8. The number of nitrogens with zero attached hydrogens (tertiary/aromatic N) is 2. The minimum absolute atomic E-state index is 0.272. The van der Waals surface area contributed by atoms with Crippen LogP contribution in [0.15, 0.2) is 24.5 Å². The van der Waals surface area contributed by atoms with Gasteiger partial charge in [-0.25, -0.2) is 9.97 Å². The number of anilines is 2. The normalized spacial score (nSPS) is 13.0. The van der Waals surface area contributed by atoms with Crippen molar-refractivity contribution in [3.05, 3.63) is 35.1 Å². The highest BCUT2D eigenvalue weighted by Gasteiger charge is 2.11. The molecule has 3 N–H and O–H groups in total. The van der Waals surface area contributed by atoms with E-state index in [0.29, 0.717) is 30.6 Å². The summed E-state index contributed by atoms with van der Waals surface area (Å²) < 4.78 is 11.1. The van der Waals surface area contributed by atoms with E-state index in [4.69, 9.17) is 26.8 Å². The summed E-state index contributed by atoms with van der Waals surface area (Å²) in [6, 6.07) is 5.94. The number of hydrogen-bond donors (Lipinski definition) is 2. The third-order valence-electron chi connectivity index (χ3n) is 3.13. The number of halogens is 1. The standard InChI is InChI=1S/C14H15ClN4O2/c15-12-13(16)18-8-19-14(12)17-4-3-9-1-2-10-11(7-9)21-6-5-20-10/h1-2,7-8H,3-6H2,(H3,16,17,18,19).